The number of hydrogen-bond donors (Lipinski definition) is 2. The summed E-state index contributed by atoms with van der Waals surface area (Å²) in [4.78, 5) is 20.4. The van der Waals surface area contributed by atoms with E-state index in [1.807, 2.05) is 13.8 Å². The summed E-state index contributed by atoms with van der Waals surface area (Å²) < 4.78 is 26.6. The molecule has 1 fully saturated rings. The van der Waals surface area contributed by atoms with Gasteiger partial charge in [-0.1, -0.05) is 6.07 Å². The molecule has 1 aromatic carbocycles. The number of aliphatic imine (C=N–C) groups is 1. The highest BCUT2D eigenvalue weighted by Gasteiger charge is 2.21. The van der Waals surface area contributed by atoms with Crippen LogP contribution in [0.15, 0.2) is 23.2 Å². The zero-order valence-corrected chi connectivity index (χ0v) is 19.0. The lowest BCUT2D eigenvalue weighted by Gasteiger charge is -2.36. The third kappa shape index (κ3) is 7.86. The van der Waals surface area contributed by atoms with Crippen molar-refractivity contribution in [2.75, 3.05) is 46.3 Å². The molecule has 1 saturated heterocycles. The molecule has 6 nitrogen and oxygen atoms in total. The smallest absolute Gasteiger partial charge is 0.234 e. The van der Waals surface area contributed by atoms with Crippen molar-refractivity contribution in [3.63, 3.8) is 0 Å². The lowest BCUT2D eigenvalue weighted by atomic mass is 10.1. The second kappa shape index (κ2) is 12.2. The number of rotatable bonds is 6. The quantitative estimate of drug-likeness (QED) is 0.349. The molecule has 0 atom stereocenters. The van der Waals surface area contributed by atoms with E-state index in [4.69, 9.17) is 0 Å². The number of hydrogen-bond acceptors (Lipinski definition) is 3. The van der Waals surface area contributed by atoms with Crippen molar-refractivity contribution in [3.8, 4) is 0 Å². The van der Waals surface area contributed by atoms with Crippen molar-refractivity contribution in [1.29, 1.82) is 0 Å². The Bertz CT molecular complexity index is 664. The van der Waals surface area contributed by atoms with E-state index >= 15 is 0 Å². The summed E-state index contributed by atoms with van der Waals surface area (Å²) in [5, 5.41) is 6.13. The Balaban J connectivity index is 0.00000392. The molecule has 2 rings (SSSR count). The molecule has 2 N–H and O–H groups in total. The van der Waals surface area contributed by atoms with Crippen LogP contribution in [-0.2, 0) is 11.2 Å². The van der Waals surface area contributed by atoms with Gasteiger partial charge in [-0.2, -0.15) is 0 Å². The van der Waals surface area contributed by atoms with Gasteiger partial charge >= 0.3 is 0 Å². The molecule has 0 aromatic heterocycles. The van der Waals surface area contributed by atoms with Gasteiger partial charge in [0.05, 0.1) is 6.54 Å². The Morgan fingerprint density at radius 1 is 1.21 bits per heavy atom. The number of guanidine groups is 1. The van der Waals surface area contributed by atoms with E-state index in [0.717, 1.165) is 38.2 Å². The van der Waals surface area contributed by atoms with Crippen LogP contribution in [0.25, 0.3) is 0 Å². The highest BCUT2D eigenvalue weighted by molar-refractivity contribution is 14.0. The van der Waals surface area contributed by atoms with Crippen LogP contribution in [0.2, 0.25) is 0 Å². The first-order valence-electron chi connectivity index (χ1n) is 9.30. The lowest BCUT2D eigenvalue weighted by Crippen LogP contribution is -2.54. The number of amides is 1. The molecular weight excluding hydrogens is 479 g/mol. The van der Waals surface area contributed by atoms with Crippen LogP contribution in [0.1, 0.15) is 19.4 Å². The molecule has 0 spiro atoms. The van der Waals surface area contributed by atoms with Gasteiger partial charge in [0.25, 0.3) is 0 Å². The minimum Gasteiger partial charge on any atom is -0.356 e. The van der Waals surface area contributed by atoms with Crippen molar-refractivity contribution >= 4 is 35.8 Å². The number of nitrogens with one attached hydrogen (secondary N) is 2. The average molecular weight is 509 g/mol. The summed E-state index contributed by atoms with van der Waals surface area (Å²) in [7, 11) is 1.71. The van der Waals surface area contributed by atoms with Gasteiger partial charge in [-0.05, 0) is 31.9 Å². The molecule has 28 heavy (non-hydrogen) atoms. The Morgan fingerprint density at radius 3 is 2.46 bits per heavy atom. The van der Waals surface area contributed by atoms with E-state index in [1.54, 1.807) is 7.05 Å². The number of carbonyl (C=O) groups excluding carboxylic acids is 1. The van der Waals surface area contributed by atoms with Crippen LogP contribution < -0.4 is 10.6 Å². The molecule has 1 aliphatic rings. The van der Waals surface area contributed by atoms with Crippen molar-refractivity contribution in [2.45, 2.75) is 26.3 Å². The number of nitrogens with zero attached hydrogens (tertiary/aromatic N) is 3. The van der Waals surface area contributed by atoms with Gasteiger partial charge in [-0.3, -0.25) is 14.7 Å². The van der Waals surface area contributed by atoms with E-state index in [0.29, 0.717) is 25.1 Å². The number of halogens is 3. The second-order valence-electron chi connectivity index (χ2n) is 6.95. The predicted octanol–water partition coefficient (Wildman–Crippen LogP) is 1.84. The molecule has 0 unspecified atom stereocenters. The van der Waals surface area contributed by atoms with Gasteiger partial charge in [0.2, 0.25) is 5.91 Å². The van der Waals surface area contributed by atoms with E-state index < -0.39 is 11.6 Å². The van der Waals surface area contributed by atoms with Crippen molar-refractivity contribution < 1.29 is 13.6 Å². The van der Waals surface area contributed by atoms with Gasteiger partial charge in [0.1, 0.15) is 11.6 Å². The fourth-order valence-corrected chi connectivity index (χ4v) is 3.05. The van der Waals surface area contributed by atoms with Crippen LogP contribution in [0, 0.1) is 11.6 Å². The first-order valence-corrected chi connectivity index (χ1v) is 9.30. The summed E-state index contributed by atoms with van der Waals surface area (Å²) in [6.07, 6.45) is 0.445. The summed E-state index contributed by atoms with van der Waals surface area (Å²) in [5.41, 5.74) is 0.473. The standard InChI is InChI=1S/C19H29F2N5O.HI/c1-14(2)24-18(27)13-25-8-10-26(11-9-25)19(22-3)23-7-6-15-4-5-16(20)12-17(15)21;/h4-5,12,14H,6-11,13H2,1-3H3,(H,22,23)(H,24,27);1H. The van der Waals surface area contributed by atoms with Gasteiger partial charge in [-0.25, -0.2) is 8.78 Å². The maximum Gasteiger partial charge on any atom is 0.234 e. The average Bonchev–Trinajstić information content (AvgIpc) is 2.60. The predicted molar refractivity (Wildman–Crippen MR) is 118 cm³/mol. The largest absolute Gasteiger partial charge is 0.356 e. The Kier molecular flexibility index (Phi) is 10.7. The van der Waals surface area contributed by atoms with Crippen LogP contribution in [-0.4, -0.2) is 74.0 Å². The van der Waals surface area contributed by atoms with E-state index in [-0.39, 0.29) is 35.9 Å². The highest BCUT2D eigenvalue weighted by Crippen LogP contribution is 2.10. The van der Waals surface area contributed by atoms with E-state index in [2.05, 4.69) is 25.4 Å². The molecule has 0 radical (unpaired) electrons. The summed E-state index contributed by atoms with van der Waals surface area (Å²) in [6.45, 7) is 7.89. The summed E-state index contributed by atoms with van der Waals surface area (Å²) in [5.74, 6) is -0.300. The number of carbonyl (C=O) groups is 1. The fourth-order valence-electron chi connectivity index (χ4n) is 3.05. The second-order valence-corrected chi connectivity index (χ2v) is 6.95. The Labute approximate surface area is 182 Å². The van der Waals surface area contributed by atoms with Crippen molar-refractivity contribution in [2.24, 2.45) is 4.99 Å². The summed E-state index contributed by atoms with van der Waals surface area (Å²) >= 11 is 0. The van der Waals surface area contributed by atoms with Crippen molar-refractivity contribution in [1.82, 2.24) is 20.4 Å². The minimum atomic E-state index is -0.569. The Hall–Kier alpha value is -1.49. The van der Waals surface area contributed by atoms with Crippen LogP contribution in [0.3, 0.4) is 0 Å². The van der Waals surface area contributed by atoms with Crippen molar-refractivity contribution in [3.05, 3.63) is 35.4 Å². The normalized spacial score (nSPS) is 15.4. The van der Waals surface area contributed by atoms with Crippen LogP contribution in [0.4, 0.5) is 8.78 Å². The maximum absolute atomic E-state index is 13.7. The van der Waals surface area contributed by atoms with Gasteiger partial charge in [0, 0.05) is 51.9 Å². The molecular formula is C19H30F2IN5O. The Morgan fingerprint density at radius 2 is 1.89 bits per heavy atom. The molecule has 1 aromatic rings. The van der Waals surface area contributed by atoms with Crippen LogP contribution >= 0.6 is 24.0 Å². The first-order chi connectivity index (χ1) is 12.9. The maximum atomic E-state index is 13.7. The molecule has 0 saturated carbocycles. The first kappa shape index (κ1) is 24.5. The monoisotopic (exact) mass is 509 g/mol. The molecule has 1 heterocycles. The molecule has 0 bridgehead atoms. The van der Waals surface area contributed by atoms with Crippen LogP contribution in [0.5, 0.6) is 0 Å². The molecule has 1 aliphatic heterocycles. The zero-order valence-electron chi connectivity index (χ0n) is 16.7. The molecule has 0 aliphatic carbocycles. The van der Waals surface area contributed by atoms with E-state index in [1.165, 1.54) is 12.1 Å². The third-order valence-corrected chi connectivity index (χ3v) is 4.39. The van der Waals surface area contributed by atoms with Gasteiger partial charge in [-0.15, -0.1) is 24.0 Å². The molecule has 158 valence electrons. The number of piperazine rings is 1. The van der Waals surface area contributed by atoms with Gasteiger partial charge < -0.3 is 15.5 Å². The third-order valence-electron chi connectivity index (χ3n) is 4.39. The zero-order chi connectivity index (χ0) is 19.8. The molecule has 9 heteroatoms. The summed E-state index contributed by atoms with van der Waals surface area (Å²) in [6, 6.07) is 3.78. The minimum absolute atomic E-state index is 0. The lowest BCUT2D eigenvalue weighted by molar-refractivity contribution is -0.123. The fraction of sp³-hybridized carbons (Fsp3) is 0.579. The number of benzene rings is 1. The molecule has 1 amide bonds. The van der Waals surface area contributed by atoms with E-state index in [9.17, 15) is 13.6 Å². The highest BCUT2D eigenvalue weighted by atomic mass is 127. The topological polar surface area (TPSA) is 60.0 Å². The van der Waals surface area contributed by atoms with Gasteiger partial charge in [0.15, 0.2) is 5.96 Å². The SMILES string of the molecule is CN=C(NCCc1ccc(F)cc1F)N1CCN(CC(=O)NC(C)C)CC1.I.